The third-order valence-electron chi connectivity index (χ3n) is 1.75. The van der Waals surface area contributed by atoms with Gasteiger partial charge in [0.15, 0.2) is 5.78 Å². The van der Waals surface area contributed by atoms with Gasteiger partial charge in [-0.25, -0.2) is 0 Å². The lowest BCUT2D eigenvalue weighted by Gasteiger charge is -2.02. The summed E-state index contributed by atoms with van der Waals surface area (Å²) in [6.45, 7) is -0.208. The van der Waals surface area contributed by atoms with E-state index >= 15 is 0 Å². The summed E-state index contributed by atoms with van der Waals surface area (Å²) >= 11 is 5.21. The topological polar surface area (TPSA) is 43.4 Å². The minimum Gasteiger partial charge on any atom is -0.457 e. The van der Waals surface area contributed by atoms with Crippen LogP contribution in [0.5, 0.6) is 0 Å². The van der Waals surface area contributed by atoms with Crippen LogP contribution >= 0.6 is 11.6 Å². The lowest BCUT2D eigenvalue weighted by atomic mass is 10.1. The fraction of sp³-hybridized carbons (Fsp3) is 0.273. The highest BCUT2D eigenvalue weighted by atomic mass is 35.5. The van der Waals surface area contributed by atoms with Crippen molar-refractivity contribution < 1.29 is 14.3 Å². The molecular formula is C11H11ClO3. The number of alkyl halides is 1. The van der Waals surface area contributed by atoms with E-state index in [1.807, 2.05) is 30.3 Å². The van der Waals surface area contributed by atoms with Gasteiger partial charge in [0.05, 0.1) is 0 Å². The number of benzene rings is 1. The minimum atomic E-state index is -0.571. The fourth-order valence-corrected chi connectivity index (χ4v) is 1.15. The van der Waals surface area contributed by atoms with Crippen molar-refractivity contribution in [3.63, 3.8) is 0 Å². The number of halogens is 1. The number of hydrogen-bond acceptors (Lipinski definition) is 3. The SMILES string of the molecule is O=C(COC(=O)CCl)Cc1ccccc1. The van der Waals surface area contributed by atoms with E-state index < -0.39 is 5.97 Å². The van der Waals surface area contributed by atoms with E-state index in [1.165, 1.54) is 0 Å². The lowest BCUT2D eigenvalue weighted by Crippen LogP contribution is -2.16. The van der Waals surface area contributed by atoms with E-state index in [-0.39, 0.29) is 24.7 Å². The van der Waals surface area contributed by atoms with Gasteiger partial charge in [0, 0.05) is 6.42 Å². The van der Waals surface area contributed by atoms with E-state index in [4.69, 9.17) is 11.6 Å². The molecule has 0 atom stereocenters. The van der Waals surface area contributed by atoms with Gasteiger partial charge >= 0.3 is 5.97 Å². The summed E-state index contributed by atoms with van der Waals surface area (Å²) in [6.07, 6.45) is 0.274. The van der Waals surface area contributed by atoms with Crippen LogP contribution in [-0.4, -0.2) is 24.2 Å². The number of rotatable bonds is 5. The maximum atomic E-state index is 11.3. The Balaban J connectivity index is 2.34. The van der Waals surface area contributed by atoms with E-state index in [9.17, 15) is 9.59 Å². The van der Waals surface area contributed by atoms with Crippen LogP contribution in [-0.2, 0) is 20.7 Å². The van der Waals surface area contributed by atoms with E-state index in [1.54, 1.807) is 0 Å². The number of carbonyl (C=O) groups excluding carboxylic acids is 2. The van der Waals surface area contributed by atoms with Crippen molar-refractivity contribution >= 4 is 23.4 Å². The highest BCUT2D eigenvalue weighted by molar-refractivity contribution is 6.26. The van der Waals surface area contributed by atoms with Crippen LogP contribution in [0.25, 0.3) is 0 Å². The first kappa shape index (κ1) is 11.7. The van der Waals surface area contributed by atoms with Crippen LogP contribution in [0.2, 0.25) is 0 Å². The first-order valence-electron chi connectivity index (χ1n) is 4.49. The molecule has 1 rings (SSSR count). The monoisotopic (exact) mass is 226 g/mol. The van der Waals surface area contributed by atoms with Crippen molar-refractivity contribution in [2.45, 2.75) is 6.42 Å². The minimum absolute atomic E-state index is 0.139. The highest BCUT2D eigenvalue weighted by Gasteiger charge is 2.06. The molecule has 0 fully saturated rings. The van der Waals surface area contributed by atoms with Crippen molar-refractivity contribution in [3.05, 3.63) is 35.9 Å². The van der Waals surface area contributed by atoms with Gasteiger partial charge in [-0.3, -0.25) is 9.59 Å². The molecule has 3 nitrogen and oxygen atoms in total. The normalized spacial score (nSPS) is 9.67. The Kier molecular flexibility index (Phi) is 4.84. The molecule has 0 heterocycles. The average Bonchev–Trinajstić information content (AvgIpc) is 2.27. The van der Waals surface area contributed by atoms with Gasteiger partial charge < -0.3 is 4.74 Å². The van der Waals surface area contributed by atoms with Gasteiger partial charge in [-0.05, 0) is 5.56 Å². The molecule has 0 spiro atoms. The van der Waals surface area contributed by atoms with Crippen LogP contribution in [0.3, 0.4) is 0 Å². The zero-order valence-corrected chi connectivity index (χ0v) is 8.87. The molecule has 80 valence electrons. The molecule has 0 saturated heterocycles. The average molecular weight is 227 g/mol. The summed E-state index contributed by atoms with van der Waals surface area (Å²) in [4.78, 5) is 22.0. The van der Waals surface area contributed by atoms with Gasteiger partial charge in [0.1, 0.15) is 12.5 Å². The molecule has 4 heteroatoms. The van der Waals surface area contributed by atoms with E-state index in [0.717, 1.165) is 5.56 Å². The summed E-state index contributed by atoms with van der Waals surface area (Å²) in [5.74, 6) is -0.934. The third kappa shape index (κ3) is 4.61. The van der Waals surface area contributed by atoms with Crippen LogP contribution in [0.1, 0.15) is 5.56 Å². The van der Waals surface area contributed by atoms with Gasteiger partial charge in [-0.1, -0.05) is 30.3 Å². The Bertz CT molecular complexity index is 335. The Hall–Kier alpha value is -1.35. The Morgan fingerprint density at radius 3 is 2.47 bits per heavy atom. The summed E-state index contributed by atoms with van der Waals surface area (Å²) in [5, 5.41) is 0. The van der Waals surface area contributed by atoms with Gasteiger partial charge in [-0.2, -0.15) is 0 Å². The van der Waals surface area contributed by atoms with E-state index in [0.29, 0.717) is 0 Å². The molecule has 0 amide bonds. The third-order valence-corrected chi connectivity index (χ3v) is 1.97. The Morgan fingerprint density at radius 2 is 1.87 bits per heavy atom. The predicted octanol–water partition coefficient (Wildman–Crippen LogP) is 1.58. The molecular weight excluding hydrogens is 216 g/mol. The van der Waals surface area contributed by atoms with E-state index in [2.05, 4.69) is 4.74 Å². The lowest BCUT2D eigenvalue weighted by molar-refractivity contribution is -0.145. The summed E-state index contributed by atoms with van der Waals surface area (Å²) in [6, 6.07) is 9.28. The second kappa shape index (κ2) is 6.19. The van der Waals surface area contributed by atoms with Crippen LogP contribution < -0.4 is 0 Å². The Labute approximate surface area is 93.0 Å². The smallest absolute Gasteiger partial charge is 0.321 e. The van der Waals surface area contributed by atoms with Gasteiger partial charge in [-0.15, -0.1) is 11.6 Å². The first-order chi connectivity index (χ1) is 7.22. The summed E-state index contributed by atoms with van der Waals surface area (Å²) in [7, 11) is 0. The zero-order valence-electron chi connectivity index (χ0n) is 8.11. The molecule has 0 aromatic heterocycles. The molecule has 15 heavy (non-hydrogen) atoms. The quantitative estimate of drug-likeness (QED) is 0.566. The first-order valence-corrected chi connectivity index (χ1v) is 5.03. The van der Waals surface area contributed by atoms with Crippen LogP contribution in [0.4, 0.5) is 0 Å². The molecule has 0 aliphatic carbocycles. The maximum absolute atomic E-state index is 11.3. The van der Waals surface area contributed by atoms with Crippen LogP contribution in [0.15, 0.2) is 30.3 Å². The molecule has 0 N–H and O–H groups in total. The van der Waals surface area contributed by atoms with Crippen molar-refractivity contribution in [1.29, 1.82) is 0 Å². The number of hydrogen-bond donors (Lipinski definition) is 0. The standard InChI is InChI=1S/C11H11ClO3/c12-7-11(14)15-8-10(13)6-9-4-2-1-3-5-9/h1-5H,6-8H2. The van der Waals surface area contributed by atoms with Crippen LogP contribution in [0, 0.1) is 0 Å². The van der Waals surface area contributed by atoms with Crippen molar-refractivity contribution in [2.24, 2.45) is 0 Å². The molecule has 1 aromatic rings. The fourth-order valence-electron chi connectivity index (χ4n) is 1.07. The van der Waals surface area contributed by atoms with Gasteiger partial charge in [0.25, 0.3) is 0 Å². The number of ketones is 1. The molecule has 0 unspecified atom stereocenters. The second-order valence-corrected chi connectivity index (χ2v) is 3.26. The molecule has 1 aromatic carbocycles. The number of carbonyl (C=O) groups is 2. The molecule has 0 bridgehead atoms. The molecule has 0 radical (unpaired) electrons. The van der Waals surface area contributed by atoms with Crippen molar-refractivity contribution in [2.75, 3.05) is 12.5 Å². The highest BCUT2D eigenvalue weighted by Crippen LogP contribution is 2.00. The Morgan fingerprint density at radius 1 is 1.20 bits per heavy atom. The van der Waals surface area contributed by atoms with Crippen molar-refractivity contribution in [3.8, 4) is 0 Å². The zero-order chi connectivity index (χ0) is 11.1. The summed E-state index contributed by atoms with van der Waals surface area (Å²) < 4.78 is 4.60. The second-order valence-electron chi connectivity index (χ2n) is 3.00. The molecule has 0 aliphatic rings. The number of esters is 1. The largest absolute Gasteiger partial charge is 0.457 e. The van der Waals surface area contributed by atoms with Crippen molar-refractivity contribution in [1.82, 2.24) is 0 Å². The molecule has 0 aliphatic heterocycles. The van der Waals surface area contributed by atoms with Gasteiger partial charge in [0.2, 0.25) is 0 Å². The summed E-state index contributed by atoms with van der Waals surface area (Å²) in [5.41, 5.74) is 0.907. The number of Topliss-reactive ketones (excluding diaryl/α,β-unsaturated/α-hetero) is 1. The predicted molar refractivity (Wildman–Crippen MR) is 56.8 cm³/mol. The molecule has 0 saturated carbocycles. The maximum Gasteiger partial charge on any atom is 0.321 e. The number of ether oxygens (including phenoxy) is 1.